The fraction of sp³-hybridized carbons (Fsp3) is 0.538. The standard InChI is InChI=1S/C26H36N4O4/c1-8-10-16-28-23(31)22(20-14-12-11-13-19(20)9-2)30(17-15-27)24(32)21(18(3)4)29-25(33)34-26(5,6)7/h2,11-14,18,21-22H,8,10,16-17H2,1,3-7H3,(H,28,31)(H,29,33). The van der Waals surface area contributed by atoms with E-state index in [1.807, 2.05) is 13.0 Å². The number of ether oxygens (including phenoxy) is 1. The van der Waals surface area contributed by atoms with Gasteiger partial charge in [-0.15, -0.1) is 6.42 Å². The Balaban J connectivity index is 3.46. The molecule has 1 aromatic carbocycles. The number of hydrogen-bond acceptors (Lipinski definition) is 5. The van der Waals surface area contributed by atoms with E-state index in [-0.39, 0.29) is 12.5 Å². The van der Waals surface area contributed by atoms with Gasteiger partial charge in [0.2, 0.25) is 11.8 Å². The van der Waals surface area contributed by atoms with Crippen molar-refractivity contribution in [3.63, 3.8) is 0 Å². The second kappa shape index (κ2) is 13.3. The van der Waals surface area contributed by atoms with E-state index >= 15 is 0 Å². The SMILES string of the molecule is C#Cc1ccccc1C(C(=O)NCCCC)N(CC#N)C(=O)C(NC(=O)OC(C)(C)C)C(C)C. The van der Waals surface area contributed by atoms with E-state index in [2.05, 4.69) is 16.6 Å². The van der Waals surface area contributed by atoms with Gasteiger partial charge >= 0.3 is 6.09 Å². The molecule has 0 radical (unpaired) electrons. The van der Waals surface area contributed by atoms with Gasteiger partial charge < -0.3 is 20.3 Å². The molecule has 3 amide bonds. The van der Waals surface area contributed by atoms with Gasteiger partial charge in [-0.3, -0.25) is 9.59 Å². The smallest absolute Gasteiger partial charge is 0.408 e. The van der Waals surface area contributed by atoms with E-state index < -0.39 is 35.6 Å². The quantitative estimate of drug-likeness (QED) is 0.310. The van der Waals surface area contributed by atoms with Gasteiger partial charge in [0.05, 0.1) is 6.07 Å². The average Bonchev–Trinajstić information content (AvgIpc) is 2.75. The zero-order valence-electron chi connectivity index (χ0n) is 21.0. The van der Waals surface area contributed by atoms with Gasteiger partial charge in [-0.25, -0.2) is 4.79 Å². The van der Waals surface area contributed by atoms with Gasteiger partial charge in [-0.1, -0.05) is 51.3 Å². The molecule has 8 nitrogen and oxygen atoms in total. The summed E-state index contributed by atoms with van der Waals surface area (Å²) in [7, 11) is 0. The summed E-state index contributed by atoms with van der Waals surface area (Å²) in [6.45, 7) is 10.7. The maximum Gasteiger partial charge on any atom is 0.408 e. The number of unbranched alkanes of at least 4 members (excludes halogenated alkanes) is 1. The van der Waals surface area contributed by atoms with Crippen LogP contribution >= 0.6 is 0 Å². The number of carbonyl (C=O) groups is 3. The van der Waals surface area contributed by atoms with E-state index in [4.69, 9.17) is 11.2 Å². The maximum atomic E-state index is 13.7. The highest BCUT2D eigenvalue weighted by atomic mass is 16.6. The minimum atomic E-state index is -1.14. The number of amides is 3. The van der Waals surface area contributed by atoms with Crippen molar-refractivity contribution in [2.45, 2.75) is 72.1 Å². The number of hydrogen-bond donors (Lipinski definition) is 2. The van der Waals surface area contributed by atoms with Gasteiger partial charge in [0, 0.05) is 12.1 Å². The van der Waals surface area contributed by atoms with Gasteiger partial charge in [0.25, 0.3) is 0 Å². The number of alkyl carbamates (subject to hydrolysis) is 1. The Hall–Kier alpha value is -3.52. The van der Waals surface area contributed by atoms with Crippen LogP contribution in [0.4, 0.5) is 4.79 Å². The molecule has 0 bridgehead atoms. The molecule has 0 aliphatic carbocycles. The molecular weight excluding hydrogens is 432 g/mol. The van der Waals surface area contributed by atoms with Crippen molar-refractivity contribution in [3.05, 3.63) is 35.4 Å². The molecule has 0 fully saturated rings. The Labute approximate surface area is 203 Å². The van der Waals surface area contributed by atoms with Crippen LogP contribution < -0.4 is 10.6 Å². The van der Waals surface area contributed by atoms with E-state index in [0.717, 1.165) is 12.8 Å². The summed E-state index contributed by atoms with van der Waals surface area (Å²) in [6.07, 6.45) is 6.55. The largest absolute Gasteiger partial charge is 0.444 e. The van der Waals surface area contributed by atoms with Crippen molar-refractivity contribution >= 4 is 17.9 Å². The second-order valence-electron chi connectivity index (χ2n) is 9.27. The highest BCUT2D eigenvalue weighted by molar-refractivity contribution is 5.92. The number of terminal acetylenes is 1. The van der Waals surface area contributed by atoms with Crippen molar-refractivity contribution in [2.75, 3.05) is 13.1 Å². The average molecular weight is 469 g/mol. The van der Waals surface area contributed by atoms with Crippen LogP contribution in [0.1, 0.15) is 71.6 Å². The third kappa shape index (κ3) is 8.44. The molecule has 0 aromatic heterocycles. The second-order valence-corrected chi connectivity index (χ2v) is 9.27. The molecule has 34 heavy (non-hydrogen) atoms. The number of rotatable bonds is 10. The molecule has 2 N–H and O–H groups in total. The molecule has 2 atom stereocenters. The predicted octanol–water partition coefficient (Wildman–Crippen LogP) is 3.53. The molecule has 2 unspecified atom stereocenters. The Bertz CT molecular complexity index is 937. The van der Waals surface area contributed by atoms with Crippen molar-refractivity contribution < 1.29 is 19.1 Å². The van der Waals surface area contributed by atoms with Gasteiger partial charge in [-0.05, 0) is 44.7 Å². The van der Waals surface area contributed by atoms with E-state index in [1.54, 1.807) is 58.9 Å². The van der Waals surface area contributed by atoms with Gasteiger partial charge in [-0.2, -0.15) is 5.26 Å². The van der Waals surface area contributed by atoms with Crippen LogP contribution in [-0.4, -0.2) is 47.5 Å². The Morgan fingerprint density at radius 3 is 2.38 bits per heavy atom. The fourth-order valence-corrected chi connectivity index (χ4v) is 3.30. The lowest BCUT2D eigenvalue weighted by Crippen LogP contribution is -2.55. The summed E-state index contributed by atoms with van der Waals surface area (Å²) in [6, 6.07) is 6.61. The first-order valence-electron chi connectivity index (χ1n) is 11.5. The number of nitriles is 1. The Morgan fingerprint density at radius 2 is 1.85 bits per heavy atom. The summed E-state index contributed by atoms with van der Waals surface area (Å²) < 4.78 is 5.31. The first-order chi connectivity index (χ1) is 16.0. The topological polar surface area (TPSA) is 112 Å². The number of nitrogens with one attached hydrogen (secondary N) is 2. The normalized spacial score (nSPS) is 12.6. The first-order valence-corrected chi connectivity index (χ1v) is 11.5. The summed E-state index contributed by atoms with van der Waals surface area (Å²) >= 11 is 0. The summed E-state index contributed by atoms with van der Waals surface area (Å²) in [5.41, 5.74) is 0.117. The number of nitrogens with zero attached hydrogens (tertiary/aromatic N) is 2. The van der Waals surface area contributed by atoms with E-state index in [9.17, 15) is 19.6 Å². The van der Waals surface area contributed by atoms with E-state index in [0.29, 0.717) is 17.7 Å². The molecule has 184 valence electrons. The van der Waals surface area contributed by atoms with Crippen LogP contribution in [0.2, 0.25) is 0 Å². The monoisotopic (exact) mass is 468 g/mol. The van der Waals surface area contributed by atoms with Crippen LogP contribution in [0.15, 0.2) is 24.3 Å². The lowest BCUT2D eigenvalue weighted by atomic mass is 9.96. The van der Waals surface area contributed by atoms with Crippen LogP contribution in [0.3, 0.4) is 0 Å². The van der Waals surface area contributed by atoms with Crippen molar-refractivity contribution in [1.82, 2.24) is 15.5 Å². The molecule has 0 aliphatic rings. The van der Waals surface area contributed by atoms with Gasteiger partial charge in [0.1, 0.15) is 24.2 Å². The zero-order valence-corrected chi connectivity index (χ0v) is 21.0. The van der Waals surface area contributed by atoms with Crippen molar-refractivity contribution in [1.29, 1.82) is 5.26 Å². The molecule has 0 saturated heterocycles. The third-order valence-corrected chi connectivity index (χ3v) is 4.93. The minimum absolute atomic E-state index is 0.340. The van der Waals surface area contributed by atoms with Crippen molar-refractivity contribution in [3.8, 4) is 18.4 Å². The van der Waals surface area contributed by atoms with Gasteiger partial charge in [0.15, 0.2) is 0 Å². The summed E-state index contributed by atoms with van der Waals surface area (Å²) in [5.74, 6) is 1.19. The molecule has 1 rings (SSSR count). The summed E-state index contributed by atoms with van der Waals surface area (Å²) in [5, 5.41) is 15.0. The number of carbonyl (C=O) groups excluding carboxylic acids is 3. The Morgan fingerprint density at radius 1 is 1.21 bits per heavy atom. The molecular formula is C26H36N4O4. The molecule has 0 saturated carbocycles. The van der Waals surface area contributed by atoms with Crippen molar-refractivity contribution in [2.24, 2.45) is 5.92 Å². The summed E-state index contributed by atoms with van der Waals surface area (Å²) in [4.78, 5) is 40.6. The van der Waals surface area contributed by atoms with E-state index in [1.165, 1.54) is 4.90 Å². The third-order valence-electron chi connectivity index (χ3n) is 4.93. The van der Waals surface area contributed by atoms with Crippen LogP contribution in [-0.2, 0) is 14.3 Å². The van der Waals surface area contributed by atoms with Crippen LogP contribution in [0.5, 0.6) is 0 Å². The minimum Gasteiger partial charge on any atom is -0.444 e. The highest BCUT2D eigenvalue weighted by Gasteiger charge is 2.38. The molecule has 8 heteroatoms. The Kier molecular flexibility index (Phi) is 11.1. The zero-order chi connectivity index (χ0) is 25.9. The lowest BCUT2D eigenvalue weighted by molar-refractivity contribution is -0.142. The molecule has 0 spiro atoms. The first kappa shape index (κ1) is 28.5. The predicted molar refractivity (Wildman–Crippen MR) is 130 cm³/mol. The molecule has 1 aromatic rings. The maximum absolute atomic E-state index is 13.7. The van der Waals surface area contributed by atoms with Crippen LogP contribution in [0.25, 0.3) is 0 Å². The molecule has 0 aliphatic heterocycles. The van der Waals surface area contributed by atoms with Crippen LogP contribution in [0, 0.1) is 29.6 Å². The number of benzene rings is 1. The fourth-order valence-electron chi connectivity index (χ4n) is 3.30. The molecule has 0 heterocycles. The highest BCUT2D eigenvalue weighted by Crippen LogP contribution is 2.26. The lowest BCUT2D eigenvalue weighted by Gasteiger charge is -2.34.